The fourth-order valence-corrected chi connectivity index (χ4v) is 2.42. The fraction of sp³-hybridized carbons (Fsp3) is 0. The van der Waals surface area contributed by atoms with Gasteiger partial charge in [-0.15, -0.1) is 0 Å². The monoisotopic (exact) mass is 377 g/mol. The maximum Gasteiger partial charge on any atom is 0.328 e. The number of hydrogen-bond donors (Lipinski definition) is 1. The molecule has 28 heavy (non-hydrogen) atoms. The van der Waals surface area contributed by atoms with E-state index >= 15 is 0 Å². The molecule has 0 aliphatic carbocycles. The molecule has 0 saturated carbocycles. The maximum atomic E-state index is 13.7. The van der Waals surface area contributed by atoms with Gasteiger partial charge < -0.3 is 14.3 Å². The zero-order valence-corrected chi connectivity index (χ0v) is 14.2. The summed E-state index contributed by atoms with van der Waals surface area (Å²) in [4.78, 5) is 23.0. The van der Waals surface area contributed by atoms with Crippen LogP contribution in [-0.2, 0) is 4.79 Å². The van der Waals surface area contributed by atoms with Gasteiger partial charge in [0.25, 0.3) is 5.71 Å². The highest BCUT2D eigenvalue weighted by molar-refractivity contribution is 5.85. The summed E-state index contributed by atoms with van der Waals surface area (Å²) in [6.07, 6.45) is 3.96. The standard InChI is InChI=1S/C20H12FN3O4/c21-14-3-1-2-4-16(14)27-20-22-11-15-19(24-20)28-18(23-15)13-8-5-12(6-9-13)7-10-17(25)26/h1-11H,(H,25,26). The quantitative estimate of drug-likeness (QED) is 0.517. The van der Waals surface area contributed by atoms with E-state index in [2.05, 4.69) is 15.0 Å². The predicted molar refractivity (Wildman–Crippen MR) is 98.2 cm³/mol. The molecular weight excluding hydrogens is 365 g/mol. The van der Waals surface area contributed by atoms with Crippen LogP contribution in [0.2, 0.25) is 0 Å². The number of aromatic nitrogens is 3. The number of fused-ring (bicyclic) bond motifs is 1. The van der Waals surface area contributed by atoms with E-state index in [0.717, 1.165) is 11.6 Å². The Morgan fingerprint density at radius 2 is 1.89 bits per heavy atom. The van der Waals surface area contributed by atoms with Crippen LogP contribution in [0.3, 0.4) is 0 Å². The van der Waals surface area contributed by atoms with Crippen LogP contribution in [0.5, 0.6) is 11.8 Å². The minimum Gasteiger partial charge on any atom is -0.478 e. The number of carboxylic acids is 1. The lowest BCUT2D eigenvalue weighted by molar-refractivity contribution is -0.131. The SMILES string of the molecule is O=C(O)C=Cc1ccc(-c2nc3cnc(Oc4ccccc4F)nc3o2)cc1. The lowest BCUT2D eigenvalue weighted by Gasteiger charge is -2.03. The normalized spacial score (nSPS) is 11.2. The second kappa shape index (κ2) is 7.28. The molecule has 2 heterocycles. The molecule has 0 bridgehead atoms. The summed E-state index contributed by atoms with van der Waals surface area (Å²) < 4.78 is 24.7. The van der Waals surface area contributed by atoms with E-state index in [-0.39, 0.29) is 17.5 Å². The molecule has 138 valence electrons. The molecule has 0 spiro atoms. The van der Waals surface area contributed by atoms with Gasteiger partial charge in [-0.2, -0.15) is 4.98 Å². The molecule has 1 N–H and O–H groups in total. The molecule has 0 saturated heterocycles. The van der Waals surface area contributed by atoms with Crippen LogP contribution in [0.4, 0.5) is 4.39 Å². The zero-order valence-electron chi connectivity index (χ0n) is 14.2. The summed E-state index contributed by atoms with van der Waals surface area (Å²) in [5.74, 6) is -1.22. The van der Waals surface area contributed by atoms with Crippen molar-refractivity contribution in [2.75, 3.05) is 0 Å². The molecule has 0 aliphatic rings. The molecule has 2 aromatic carbocycles. The second-order valence-corrected chi connectivity index (χ2v) is 5.69. The van der Waals surface area contributed by atoms with Gasteiger partial charge in [-0.1, -0.05) is 24.3 Å². The molecule has 2 aromatic heterocycles. The van der Waals surface area contributed by atoms with Crippen LogP contribution in [0, 0.1) is 5.82 Å². The van der Waals surface area contributed by atoms with E-state index in [9.17, 15) is 9.18 Å². The molecule has 8 heteroatoms. The molecular formula is C20H12FN3O4. The number of rotatable bonds is 5. The molecule has 0 radical (unpaired) electrons. The fourth-order valence-electron chi connectivity index (χ4n) is 2.42. The molecule has 4 aromatic rings. The summed E-state index contributed by atoms with van der Waals surface area (Å²) in [5, 5.41) is 8.66. The van der Waals surface area contributed by atoms with Gasteiger partial charge in [0.1, 0.15) is 5.52 Å². The van der Waals surface area contributed by atoms with Crippen LogP contribution >= 0.6 is 0 Å². The average molecular weight is 377 g/mol. The van der Waals surface area contributed by atoms with E-state index in [1.165, 1.54) is 24.4 Å². The highest BCUT2D eigenvalue weighted by Crippen LogP contribution is 2.26. The lowest BCUT2D eigenvalue weighted by Crippen LogP contribution is -1.93. The number of halogens is 1. The van der Waals surface area contributed by atoms with Crippen LogP contribution < -0.4 is 4.74 Å². The summed E-state index contributed by atoms with van der Waals surface area (Å²) in [6.45, 7) is 0. The minimum absolute atomic E-state index is 0.00610. The maximum absolute atomic E-state index is 13.7. The van der Waals surface area contributed by atoms with Gasteiger partial charge in [0, 0.05) is 11.6 Å². The number of carbonyl (C=O) groups is 1. The van der Waals surface area contributed by atoms with Crippen LogP contribution in [-0.4, -0.2) is 26.0 Å². The minimum atomic E-state index is -1.02. The Kier molecular flexibility index (Phi) is 4.51. The number of carboxylic acid groups (broad SMARTS) is 1. The number of para-hydroxylation sites is 1. The Bertz CT molecular complexity index is 1190. The van der Waals surface area contributed by atoms with E-state index < -0.39 is 11.8 Å². The van der Waals surface area contributed by atoms with Gasteiger partial charge in [-0.05, 0) is 35.9 Å². The molecule has 0 unspecified atom stereocenters. The van der Waals surface area contributed by atoms with Crippen molar-refractivity contribution in [3.63, 3.8) is 0 Å². The number of hydrogen-bond acceptors (Lipinski definition) is 6. The van der Waals surface area contributed by atoms with Gasteiger partial charge in [0.2, 0.25) is 5.89 Å². The van der Waals surface area contributed by atoms with Crippen LogP contribution in [0.25, 0.3) is 28.8 Å². The van der Waals surface area contributed by atoms with Crippen molar-refractivity contribution in [3.8, 4) is 23.2 Å². The lowest BCUT2D eigenvalue weighted by atomic mass is 10.1. The Morgan fingerprint density at radius 3 is 2.64 bits per heavy atom. The summed E-state index contributed by atoms with van der Waals surface area (Å²) in [6, 6.07) is 12.8. The van der Waals surface area contributed by atoms with Gasteiger partial charge in [-0.25, -0.2) is 19.2 Å². The van der Waals surface area contributed by atoms with Gasteiger partial charge >= 0.3 is 12.0 Å². The second-order valence-electron chi connectivity index (χ2n) is 5.69. The van der Waals surface area contributed by atoms with Gasteiger partial charge in [0.15, 0.2) is 11.6 Å². The van der Waals surface area contributed by atoms with Crippen LogP contribution in [0.15, 0.2) is 65.2 Å². The van der Waals surface area contributed by atoms with Crippen molar-refractivity contribution in [3.05, 3.63) is 72.2 Å². The first kappa shape index (κ1) is 17.3. The third-order valence-electron chi connectivity index (χ3n) is 3.74. The Hall–Kier alpha value is -4.07. The number of aliphatic carboxylic acids is 1. The third-order valence-corrected chi connectivity index (χ3v) is 3.74. The Labute approximate surface area is 157 Å². The van der Waals surface area contributed by atoms with Crippen molar-refractivity contribution >= 4 is 23.3 Å². The van der Waals surface area contributed by atoms with Gasteiger partial charge in [0.05, 0.1) is 6.20 Å². The number of nitrogens with zero attached hydrogens (tertiary/aromatic N) is 3. The van der Waals surface area contributed by atoms with Gasteiger partial charge in [-0.3, -0.25) is 0 Å². The van der Waals surface area contributed by atoms with E-state index in [1.54, 1.807) is 36.4 Å². The van der Waals surface area contributed by atoms with Crippen molar-refractivity contribution in [1.82, 2.24) is 15.0 Å². The highest BCUT2D eigenvalue weighted by atomic mass is 19.1. The Balaban J connectivity index is 1.59. The molecule has 4 rings (SSSR count). The first-order valence-electron chi connectivity index (χ1n) is 8.16. The molecule has 0 atom stereocenters. The number of oxazole rings is 1. The number of ether oxygens (including phenoxy) is 1. The molecule has 0 aliphatic heterocycles. The third kappa shape index (κ3) is 3.70. The van der Waals surface area contributed by atoms with E-state index in [4.69, 9.17) is 14.3 Å². The predicted octanol–water partition coefficient (Wildman–Crippen LogP) is 4.31. The zero-order chi connectivity index (χ0) is 19.5. The van der Waals surface area contributed by atoms with Crippen LogP contribution in [0.1, 0.15) is 5.56 Å². The van der Waals surface area contributed by atoms with Crippen molar-refractivity contribution in [2.45, 2.75) is 0 Å². The Morgan fingerprint density at radius 1 is 1.11 bits per heavy atom. The average Bonchev–Trinajstić information content (AvgIpc) is 3.12. The summed E-state index contributed by atoms with van der Waals surface area (Å²) >= 11 is 0. The summed E-state index contributed by atoms with van der Waals surface area (Å²) in [5.41, 5.74) is 2.03. The number of benzene rings is 2. The van der Waals surface area contributed by atoms with Crippen molar-refractivity contribution in [2.24, 2.45) is 0 Å². The summed E-state index contributed by atoms with van der Waals surface area (Å²) in [7, 11) is 0. The van der Waals surface area contributed by atoms with Crippen molar-refractivity contribution in [1.29, 1.82) is 0 Å². The first-order chi connectivity index (χ1) is 13.6. The molecule has 0 amide bonds. The topological polar surface area (TPSA) is 98.3 Å². The van der Waals surface area contributed by atoms with Crippen molar-refractivity contribution < 1.29 is 23.4 Å². The highest BCUT2D eigenvalue weighted by Gasteiger charge is 2.13. The largest absolute Gasteiger partial charge is 0.478 e. The molecule has 0 fully saturated rings. The smallest absolute Gasteiger partial charge is 0.328 e. The first-order valence-corrected chi connectivity index (χ1v) is 8.16. The van der Waals surface area contributed by atoms with E-state index in [0.29, 0.717) is 17.0 Å². The van der Waals surface area contributed by atoms with E-state index in [1.807, 2.05) is 0 Å². The molecule has 7 nitrogen and oxygen atoms in total.